The summed E-state index contributed by atoms with van der Waals surface area (Å²) >= 11 is 0. The fraction of sp³-hybridized carbons (Fsp3) is 0.625. The molecule has 0 aromatic carbocycles. The fourth-order valence-corrected chi connectivity index (χ4v) is 2.01. The zero-order chi connectivity index (χ0) is 15.9. The van der Waals surface area contributed by atoms with Crippen LogP contribution in [0.5, 0.6) is 0 Å². The summed E-state index contributed by atoms with van der Waals surface area (Å²) in [5.74, 6) is 0. The van der Waals surface area contributed by atoms with E-state index in [1.165, 1.54) is 0 Å². The first-order valence-corrected chi connectivity index (χ1v) is 7.47. The van der Waals surface area contributed by atoms with E-state index in [2.05, 4.69) is 29.5 Å². The third kappa shape index (κ3) is 5.34. The SMILES string of the molecule is CCC(O)(CC)CNC(=O)NCC(C)(C)c1ccncc1. The maximum atomic E-state index is 11.9. The Bertz CT molecular complexity index is 442. The van der Waals surface area contributed by atoms with E-state index in [0.29, 0.717) is 19.4 Å². The van der Waals surface area contributed by atoms with Gasteiger partial charge >= 0.3 is 6.03 Å². The van der Waals surface area contributed by atoms with Gasteiger partial charge in [0.15, 0.2) is 0 Å². The normalized spacial score (nSPS) is 12.0. The number of carbonyl (C=O) groups is 1. The first kappa shape index (κ1) is 17.4. The summed E-state index contributed by atoms with van der Waals surface area (Å²) in [4.78, 5) is 15.9. The predicted octanol–water partition coefficient (Wildman–Crippen LogP) is 2.21. The first-order chi connectivity index (χ1) is 9.83. The summed E-state index contributed by atoms with van der Waals surface area (Å²) in [6, 6.07) is 3.65. The largest absolute Gasteiger partial charge is 0.388 e. The van der Waals surface area contributed by atoms with Gasteiger partial charge in [0.2, 0.25) is 0 Å². The highest BCUT2D eigenvalue weighted by molar-refractivity contribution is 5.74. The van der Waals surface area contributed by atoms with Crippen molar-refractivity contribution in [3.05, 3.63) is 30.1 Å². The minimum Gasteiger partial charge on any atom is -0.388 e. The highest BCUT2D eigenvalue weighted by atomic mass is 16.3. The molecule has 0 atom stereocenters. The molecule has 0 aliphatic heterocycles. The van der Waals surface area contributed by atoms with Gasteiger partial charge in [-0.15, -0.1) is 0 Å². The maximum Gasteiger partial charge on any atom is 0.314 e. The second-order valence-electron chi connectivity index (χ2n) is 6.09. The zero-order valence-corrected chi connectivity index (χ0v) is 13.4. The molecule has 0 fully saturated rings. The Balaban J connectivity index is 2.46. The number of urea groups is 1. The summed E-state index contributed by atoms with van der Waals surface area (Å²) < 4.78 is 0. The molecule has 2 amide bonds. The second kappa shape index (κ2) is 7.41. The summed E-state index contributed by atoms with van der Waals surface area (Å²) in [5.41, 5.74) is 0.126. The first-order valence-electron chi connectivity index (χ1n) is 7.47. The molecule has 1 aromatic rings. The Morgan fingerprint density at radius 3 is 2.19 bits per heavy atom. The number of aromatic nitrogens is 1. The number of hydrogen-bond acceptors (Lipinski definition) is 3. The Morgan fingerprint density at radius 1 is 1.14 bits per heavy atom. The van der Waals surface area contributed by atoms with Crippen LogP contribution in [0, 0.1) is 0 Å². The lowest BCUT2D eigenvalue weighted by Gasteiger charge is -2.27. The number of pyridine rings is 1. The van der Waals surface area contributed by atoms with Crippen molar-refractivity contribution in [2.24, 2.45) is 0 Å². The van der Waals surface area contributed by atoms with Crippen LogP contribution in [0.2, 0.25) is 0 Å². The molecule has 0 radical (unpaired) electrons. The van der Waals surface area contributed by atoms with E-state index in [4.69, 9.17) is 0 Å². The molecule has 5 heteroatoms. The number of hydrogen-bond donors (Lipinski definition) is 3. The number of nitrogens with one attached hydrogen (secondary N) is 2. The Kier molecular flexibility index (Phi) is 6.15. The van der Waals surface area contributed by atoms with Gasteiger partial charge in [0.25, 0.3) is 0 Å². The van der Waals surface area contributed by atoms with E-state index in [1.54, 1.807) is 12.4 Å². The third-order valence-corrected chi connectivity index (χ3v) is 4.05. The van der Waals surface area contributed by atoms with Crippen molar-refractivity contribution >= 4 is 6.03 Å². The van der Waals surface area contributed by atoms with Gasteiger partial charge in [-0.2, -0.15) is 0 Å². The molecule has 118 valence electrons. The molecule has 21 heavy (non-hydrogen) atoms. The van der Waals surface area contributed by atoms with Gasteiger partial charge in [0, 0.05) is 30.9 Å². The van der Waals surface area contributed by atoms with Crippen molar-refractivity contribution < 1.29 is 9.90 Å². The molecule has 0 saturated carbocycles. The third-order valence-electron chi connectivity index (χ3n) is 4.05. The fourth-order valence-electron chi connectivity index (χ4n) is 2.01. The molecule has 5 nitrogen and oxygen atoms in total. The zero-order valence-electron chi connectivity index (χ0n) is 13.4. The van der Waals surface area contributed by atoms with Crippen LogP contribution in [-0.2, 0) is 5.41 Å². The van der Waals surface area contributed by atoms with E-state index >= 15 is 0 Å². The number of aliphatic hydroxyl groups is 1. The van der Waals surface area contributed by atoms with E-state index in [0.717, 1.165) is 5.56 Å². The van der Waals surface area contributed by atoms with Crippen LogP contribution < -0.4 is 10.6 Å². The van der Waals surface area contributed by atoms with E-state index in [-0.39, 0.29) is 18.0 Å². The standard InChI is InChI=1S/C16H27N3O2/c1-5-16(21,6-2)12-19-14(20)18-11-15(3,4)13-7-9-17-10-8-13/h7-10,21H,5-6,11-12H2,1-4H3,(H2,18,19,20). The van der Waals surface area contributed by atoms with Gasteiger partial charge in [-0.05, 0) is 30.5 Å². The van der Waals surface area contributed by atoms with Gasteiger partial charge < -0.3 is 15.7 Å². The smallest absolute Gasteiger partial charge is 0.314 e. The average molecular weight is 293 g/mol. The van der Waals surface area contributed by atoms with Crippen molar-refractivity contribution in [3.8, 4) is 0 Å². The Morgan fingerprint density at radius 2 is 1.67 bits per heavy atom. The van der Waals surface area contributed by atoms with Gasteiger partial charge in [0.1, 0.15) is 0 Å². The van der Waals surface area contributed by atoms with Crippen molar-refractivity contribution in [1.82, 2.24) is 15.6 Å². The lowest BCUT2D eigenvalue weighted by Crippen LogP contribution is -2.48. The van der Waals surface area contributed by atoms with Gasteiger partial charge in [-0.25, -0.2) is 4.79 Å². The number of amides is 2. The van der Waals surface area contributed by atoms with Crippen LogP contribution in [0.4, 0.5) is 4.79 Å². The monoisotopic (exact) mass is 293 g/mol. The molecular formula is C16H27N3O2. The van der Waals surface area contributed by atoms with E-state index in [1.807, 2.05) is 26.0 Å². The van der Waals surface area contributed by atoms with Crippen molar-refractivity contribution in [1.29, 1.82) is 0 Å². The molecule has 0 saturated heterocycles. The maximum absolute atomic E-state index is 11.9. The van der Waals surface area contributed by atoms with Crippen LogP contribution in [0.25, 0.3) is 0 Å². The number of carbonyl (C=O) groups excluding carboxylic acids is 1. The summed E-state index contributed by atoms with van der Waals surface area (Å²) in [7, 11) is 0. The van der Waals surface area contributed by atoms with Gasteiger partial charge in [-0.1, -0.05) is 27.7 Å². The molecule has 0 aliphatic carbocycles. The van der Waals surface area contributed by atoms with Crippen LogP contribution >= 0.6 is 0 Å². The quantitative estimate of drug-likeness (QED) is 0.721. The highest BCUT2D eigenvalue weighted by Gasteiger charge is 2.24. The summed E-state index contributed by atoms with van der Waals surface area (Å²) in [6.07, 6.45) is 4.73. The van der Waals surface area contributed by atoms with Crippen molar-refractivity contribution in [2.45, 2.75) is 51.6 Å². The van der Waals surface area contributed by atoms with E-state index in [9.17, 15) is 9.90 Å². The minimum atomic E-state index is -0.821. The molecular weight excluding hydrogens is 266 g/mol. The topological polar surface area (TPSA) is 74.2 Å². The molecule has 1 aromatic heterocycles. The summed E-state index contributed by atoms with van der Waals surface area (Å²) in [6.45, 7) is 8.74. The van der Waals surface area contributed by atoms with Crippen LogP contribution in [0.15, 0.2) is 24.5 Å². The molecule has 1 rings (SSSR count). The molecule has 0 spiro atoms. The summed E-state index contributed by atoms with van der Waals surface area (Å²) in [5, 5.41) is 15.7. The van der Waals surface area contributed by atoms with Crippen molar-refractivity contribution in [3.63, 3.8) is 0 Å². The van der Waals surface area contributed by atoms with Gasteiger partial charge in [0.05, 0.1) is 5.60 Å². The molecule has 0 unspecified atom stereocenters. The minimum absolute atomic E-state index is 0.175. The van der Waals surface area contributed by atoms with Crippen LogP contribution in [-0.4, -0.2) is 34.8 Å². The molecule has 1 heterocycles. The van der Waals surface area contributed by atoms with Crippen molar-refractivity contribution in [2.75, 3.05) is 13.1 Å². The lowest BCUT2D eigenvalue weighted by atomic mass is 9.85. The highest BCUT2D eigenvalue weighted by Crippen LogP contribution is 2.21. The Hall–Kier alpha value is -1.62. The molecule has 0 bridgehead atoms. The number of rotatable bonds is 7. The average Bonchev–Trinajstić information content (AvgIpc) is 2.51. The predicted molar refractivity (Wildman–Crippen MR) is 84.2 cm³/mol. The van der Waals surface area contributed by atoms with E-state index < -0.39 is 5.60 Å². The lowest BCUT2D eigenvalue weighted by molar-refractivity contribution is 0.0349. The second-order valence-corrected chi connectivity index (χ2v) is 6.09. The Labute approximate surface area is 127 Å². The molecule has 0 aliphatic rings. The van der Waals surface area contributed by atoms with Crippen LogP contribution in [0.3, 0.4) is 0 Å². The number of nitrogens with zero attached hydrogens (tertiary/aromatic N) is 1. The van der Waals surface area contributed by atoms with Crippen LogP contribution in [0.1, 0.15) is 46.1 Å². The molecule has 3 N–H and O–H groups in total. The van der Waals surface area contributed by atoms with Gasteiger partial charge in [-0.3, -0.25) is 4.98 Å².